The summed E-state index contributed by atoms with van der Waals surface area (Å²) in [5.74, 6) is 4.49. The number of nitrogens with one attached hydrogen (secondary N) is 2. The molecule has 0 saturated heterocycles. The van der Waals surface area contributed by atoms with Crippen LogP contribution in [0, 0.1) is 17.5 Å². The van der Waals surface area contributed by atoms with E-state index >= 15 is 13.2 Å². The predicted octanol–water partition coefficient (Wildman–Crippen LogP) is 7.07. The Balaban J connectivity index is 1.46. The topological polar surface area (TPSA) is 129 Å². The van der Waals surface area contributed by atoms with Crippen molar-refractivity contribution in [1.29, 1.82) is 0 Å². The molecule has 4 bridgehead atoms. The van der Waals surface area contributed by atoms with Crippen LogP contribution in [0.15, 0.2) is 77.3 Å². The Bertz CT molecular complexity index is 1860. The molecule has 7 N–H and O–H groups in total. The summed E-state index contributed by atoms with van der Waals surface area (Å²) in [6, 6.07) is 12.2. The van der Waals surface area contributed by atoms with Crippen LogP contribution in [0.25, 0.3) is 22.3 Å². The van der Waals surface area contributed by atoms with Gasteiger partial charge in [-0.1, -0.05) is 25.0 Å². The third-order valence-electron chi connectivity index (χ3n) is 7.87. The fourth-order valence-corrected chi connectivity index (χ4v) is 6.02. The molecule has 0 amide bonds. The highest BCUT2D eigenvalue weighted by Gasteiger charge is 2.24. The number of hydrogen-bond donors (Lipinski definition) is 5. The molecule has 12 heteroatoms. The number of aliphatic hydroxyl groups is 1. The van der Waals surface area contributed by atoms with Gasteiger partial charge in [-0.25, -0.2) is 24.0 Å². The first-order valence-electron chi connectivity index (χ1n) is 14.1. The molecule has 2 aromatic heterocycles. The Hall–Kier alpha value is -4.26. The SMILES string of the molecule is N/C1=C\N(N)Cc2c(c(F)cc3[nH]ccc23)Oc2ccc(F)c(c2)-c2ncc([nH]2)C(c2cccc(Br)c2F)CCCCC1O. The van der Waals surface area contributed by atoms with E-state index in [1.807, 2.05) is 0 Å². The van der Waals surface area contributed by atoms with Gasteiger partial charge in [-0.2, -0.15) is 0 Å². The van der Waals surface area contributed by atoms with E-state index in [2.05, 4.69) is 30.9 Å². The van der Waals surface area contributed by atoms with Gasteiger partial charge in [0.1, 0.15) is 23.2 Å². The number of aromatic amines is 2. The lowest BCUT2D eigenvalue weighted by atomic mass is 9.90. The maximum absolute atomic E-state index is 15.5. The standard InChI is InChI=1S/C32H30BrF3N6O2/c33-23-6-3-5-20(30(23)36)18-4-1-2-7-29(43)26(37)16-42(38)15-22-19-10-11-39-27(19)13-25(35)31(22)44-17-8-9-24(34)21(12-17)32-40-14-28(18)41-32/h3,5-6,8-14,16,18,29,39,43H,1-2,4,7,15,37-38H2,(H,40,41)/b26-16-. The van der Waals surface area contributed by atoms with Crippen LogP contribution in [0.5, 0.6) is 11.5 Å². The van der Waals surface area contributed by atoms with Crippen molar-refractivity contribution in [3.63, 3.8) is 0 Å². The zero-order valence-electron chi connectivity index (χ0n) is 23.5. The molecule has 3 aromatic carbocycles. The zero-order chi connectivity index (χ0) is 31.0. The molecule has 0 spiro atoms. The average molecular weight is 668 g/mol. The van der Waals surface area contributed by atoms with Crippen LogP contribution in [0.3, 0.4) is 0 Å². The number of ether oxygens (including phenoxy) is 1. The lowest BCUT2D eigenvalue weighted by molar-refractivity contribution is 0.190. The van der Waals surface area contributed by atoms with Gasteiger partial charge >= 0.3 is 0 Å². The molecule has 1 aliphatic heterocycles. The summed E-state index contributed by atoms with van der Waals surface area (Å²) >= 11 is 3.27. The van der Waals surface area contributed by atoms with E-state index in [-0.39, 0.29) is 35.1 Å². The molecular formula is C32H30BrF3N6O2. The van der Waals surface area contributed by atoms with Crippen molar-refractivity contribution in [1.82, 2.24) is 20.0 Å². The summed E-state index contributed by atoms with van der Waals surface area (Å²) < 4.78 is 52.4. The molecule has 8 nitrogen and oxygen atoms in total. The Morgan fingerprint density at radius 3 is 2.70 bits per heavy atom. The monoisotopic (exact) mass is 666 g/mol. The van der Waals surface area contributed by atoms with E-state index in [1.54, 1.807) is 36.7 Å². The second-order valence-corrected chi connectivity index (χ2v) is 11.7. The molecular weight excluding hydrogens is 637 g/mol. The van der Waals surface area contributed by atoms with Crippen molar-refractivity contribution in [3.05, 3.63) is 112 Å². The number of benzene rings is 3. The number of aromatic nitrogens is 3. The maximum Gasteiger partial charge on any atom is 0.168 e. The van der Waals surface area contributed by atoms with Crippen molar-refractivity contribution in [2.75, 3.05) is 0 Å². The van der Waals surface area contributed by atoms with E-state index in [9.17, 15) is 5.11 Å². The van der Waals surface area contributed by atoms with Gasteiger partial charge in [-0.05, 0) is 64.7 Å². The summed E-state index contributed by atoms with van der Waals surface area (Å²) in [5.41, 5.74) is 8.43. The first kappa shape index (κ1) is 29.8. The fraction of sp³-hybridized carbons (Fsp3) is 0.219. The Kier molecular flexibility index (Phi) is 8.39. The average Bonchev–Trinajstić information content (AvgIpc) is 3.67. The molecule has 6 rings (SSSR count). The fourth-order valence-electron chi connectivity index (χ4n) is 5.63. The molecule has 0 aliphatic carbocycles. The summed E-state index contributed by atoms with van der Waals surface area (Å²) in [7, 11) is 0. The van der Waals surface area contributed by atoms with E-state index in [0.29, 0.717) is 57.9 Å². The highest BCUT2D eigenvalue weighted by atomic mass is 79.9. The van der Waals surface area contributed by atoms with Crippen molar-refractivity contribution in [2.24, 2.45) is 11.6 Å². The van der Waals surface area contributed by atoms with Crippen LogP contribution in [0.1, 0.15) is 48.4 Å². The van der Waals surface area contributed by atoms with Gasteiger partial charge in [0, 0.05) is 52.7 Å². The summed E-state index contributed by atoms with van der Waals surface area (Å²) in [6.45, 7) is -0.00958. The number of fused-ring (bicyclic) bond motifs is 8. The van der Waals surface area contributed by atoms with Crippen molar-refractivity contribution in [2.45, 2.75) is 44.2 Å². The number of aliphatic hydroxyl groups excluding tert-OH is 1. The number of halogens is 4. The van der Waals surface area contributed by atoms with Gasteiger partial charge in [0.2, 0.25) is 0 Å². The van der Waals surface area contributed by atoms with Gasteiger partial charge in [-0.3, -0.25) is 0 Å². The summed E-state index contributed by atoms with van der Waals surface area (Å²) in [5, 5.41) is 12.7. The first-order chi connectivity index (χ1) is 21.2. The number of rotatable bonds is 1. The largest absolute Gasteiger partial charge is 0.454 e. The molecule has 3 heterocycles. The maximum atomic E-state index is 15.5. The van der Waals surface area contributed by atoms with Crippen LogP contribution in [0.4, 0.5) is 13.2 Å². The molecule has 2 unspecified atom stereocenters. The lowest BCUT2D eigenvalue weighted by Crippen LogP contribution is -2.29. The number of hydrazine groups is 1. The van der Waals surface area contributed by atoms with Crippen molar-refractivity contribution >= 4 is 26.8 Å². The molecule has 228 valence electrons. The van der Waals surface area contributed by atoms with E-state index in [4.69, 9.17) is 16.3 Å². The van der Waals surface area contributed by atoms with E-state index < -0.39 is 29.5 Å². The Morgan fingerprint density at radius 1 is 1.05 bits per heavy atom. The second kappa shape index (κ2) is 12.4. The Labute approximate surface area is 259 Å². The highest BCUT2D eigenvalue weighted by molar-refractivity contribution is 9.10. The van der Waals surface area contributed by atoms with Gasteiger partial charge in [0.15, 0.2) is 11.6 Å². The predicted molar refractivity (Wildman–Crippen MR) is 165 cm³/mol. The second-order valence-electron chi connectivity index (χ2n) is 10.8. The van der Waals surface area contributed by atoms with E-state index in [1.165, 1.54) is 35.5 Å². The smallest absolute Gasteiger partial charge is 0.168 e. The molecule has 2 atom stereocenters. The number of imidazole rings is 1. The number of nitrogens with two attached hydrogens (primary N) is 2. The van der Waals surface area contributed by atoms with Crippen LogP contribution in [-0.4, -0.2) is 31.2 Å². The third kappa shape index (κ3) is 5.92. The summed E-state index contributed by atoms with van der Waals surface area (Å²) in [4.78, 5) is 10.6. The summed E-state index contributed by atoms with van der Waals surface area (Å²) in [6.07, 6.45) is 5.72. The minimum atomic E-state index is -0.983. The number of nitrogens with zero attached hydrogens (tertiary/aromatic N) is 2. The molecule has 5 aromatic rings. The van der Waals surface area contributed by atoms with Gasteiger partial charge < -0.3 is 30.6 Å². The van der Waals surface area contributed by atoms with Crippen molar-refractivity contribution in [3.8, 4) is 22.9 Å². The third-order valence-corrected chi connectivity index (χ3v) is 8.48. The van der Waals surface area contributed by atoms with E-state index in [0.717, 1.165) is 0 Å². The molecule has 44 heavy (non-hydrogen) atoms. The highest BCUT2D eigenvalue weighted by Crippen LogP contribution is 2.38. The van der Waals surface area contributed by atoms with Crippen LogP contribution in [-0.2, 0) is 6.54 Å². The van der Waals surface area contributed by atoms with Crippen molar-refractivity contribution < 1.29 is 23.0 Å². The zero-order valence-corrected chi connectivity index (χ0v) is 25.0. The molecule has 1 aliphatic rings. The van der Waals surface area contributed by atoms with Crippen LogP contribution in [0.2, 0.25) is 0 Å². The van der Waals surface area contributed by atoms with Gasteiger partial charge in [0.05, 0.1) is 28.4 Å². The number of hydrogen-bond acceptors (Lipinski definition) is 6. The van der Waals surface area contributed by atoms with Gasteiger partial charge in [-0.15, -0.1) is 0 Å². The lowest BCUT2D eigenvalue weighted by Gasteiger charge is -2.21. The first-order valence-corrected chi connectivity index (χ1v) is 14.9. The minimum Gasteiger partial charge on any atom is -0.454 e. The van der Waals surface area contributed by atoms with Gasteiger partial charge in [0.25, 0.3) is 0 Å². The van der Waals surface area contributed by atoms with Crippen LogP contribution < -0.4 is 16.3 Å². The normalized spacial score (nSPS) is 19.3. The molecule has 0 fully saturated rings. The minimum absolute atomic E-state index is 0.00958. The molecule has 0 radical (unpaired) electrons. The Morgan fingerprint density at radius 2 is 1.86 bits per heavy atom. The quantitative estimate of drug-likeness (QED) is 0.122. The van der Waals surface area contributed by atoms with Crippen LogP contribution >= 0.6 is 15.9 Å². The molecule has 0 saturated carbocycles. The number of H-pyrrole nitrogens is 2.